The van der Waals surface area contributed by atoms with Gasteiger partial charge in [-0.2, -0.15) is 0 Å². The van der Waals surface area contributed by atoms with Gasteiger partial charge in [-0.15, -0.1) is 10.2 Å². The first-order valence-corrected chi connectivity index (χ1v) is 7.88. The lowest BCUT2D eigenvalue weighted by atomic mass is 10.1. The van der Waals surface area contributed by atoms with Gasteiger partial charge in [0.15, 0.2) is 11.6 Å². The highest BCUT2D eigenvalue weighted by Gasteiger charge is 2.24. The summed E-state index contributed by atoms with van der Waals surface area (Å²) in [4.78, 5) is 0. The minimum atomic E-state index is -0.0371. The Morgan fingerprint density at radius 2 is 1.83 bits per heavy atom. The minimum absolute atomic E-state index is 0.0371. The third kappa shape index (κ3) is 2.54. The van der Waals surface area contributed by atoms with Gasteiger partial charge >= 0.3 is 0 Å². The van der Waals surface area contributed by atoms with Crippen LogP contribution < -0.4 is 10.5 Å². The molecule has 5 heteroatoms. The number of nitrogens with two attached hydrogens (primary N) is 1. The lowest BCUT2D eigenvalue weighted by molar-refractivity contribution is 0.208. The molecule has 1 aliphatic carbocycles. The maximum absolute atomic E-state index is 10.00. The van der Waals surface area contributed by atoms with Crippen molar-refractivity contribution in [1.82, 2.24) is 10.2 Å². The van der Waals surface area contributed by atoms with Crippen LogP contribution in [0.25, 0.3) is 11.3 Å². The van der Waals surface area contributed by atoms with Gasteiger partial charge in [-0.25, -0.2) is 0 Å². The molecule has 0 saturated heterocycles. The van der Waals surface area contributed by atoms with Gasteiger partial charge in [0.25, 0.3) is 0 Å². The molecule has 2 aromatic carbocycles. The quantitative estimate of drug-likeness (QED) is 0.772. The number of ether oxygens (including phenoxy) is 1. The van der Waals surface area contributed by atoms with E-state index in [9.17, 15) is 5.11 Å². The van der Waals surface area contributed by atoms with Gasteiger partial charge in [-0.3, -0.25) is 0 Å². The highest BCUT2D eigenvalue weighted by molar-refractivity contribution is 5.68. The lowest BCUT2D eigenvalue weighted by Gasteiger charge is -2.16. The molecule has 0 amide bonds. The number of anilines is 1. The number of fused-ring (bicyclic) bond motifs is 1. The van der Waals surface area contributed by atoms with Crippen molar-refractivity contribution >= 4 is 5.82 Å². The monoisotopic (exact) mass is 319 g/mol. The maximum Gasteiger partial charge on any atom is 0.188 e. The van der Waals surface area contributed by atoms with Crippen LogP contribution in [0, 0.1) is 0 Å². The number of aromatic hydroxyl groups is 1. The van der Waals surface area contributed by atoms with E-state index in [-0.39, 0.29) is 17.7 Å². The Balaban J connectivity index is 1.67. The van der Waals surface area contributed by atoms with E-state index in [2.05, 4.69) is 22.3 Å². The van der Waals surface area contributed by atoms with E-state index in [1.54, 1.807) is 24.3 Å². The number of nitrogens with zero attached hydrogens (tertiary/aromatic N) is 2. The number of phenols is 1. The Labute approximate surface area is 139 Å². The first-order chi connectivity index (χ1) is 11.7. The Kier molecular flexibility index (Phi) is 3.54. The fraction of sp³-hybridized carbons (Fsp3) is 0.158. The standard InChI is InChI=1S/C19H17N3O2/c20-19-18(24-17-10-9-12-5-1-2-6-13(12)17)11-15(21-22-19)14-7-3-4-8-16(14)23/h1-8,11,17,23H,9-10H2,(H2,20,22). The third-order valence-electron chi connectivity index (χ3n) is 4.31. The summed E-state index contributed by atoms with van der Waals surface area (Å²) in [6, 6.07) is 17.0. The maximum atomic E-state index is 10.00. The summed E-state index contributed by atoms with van der Waals surface area (Å²) < 4.78 is 6.13. The minimum Gasteiger partial charge on any atom is -0.507 e. The number of hydrogen-bond donors (Lipinski definition) is 2. The predicted molar refractivity (Wildman–Crippen MR) is 91.7 cm³/mol. The van der Waals surface area contributed by atoms with E-state index in [1.165, 1.54) is 11.1 Å². The number of hydrogen-bond acceptors (Lipinski definition) is 5. The van der Waals surface area contributed by atoms with E-state index < -0.39 is 0 Å². The zero-order chi connectivity index (χ0) is 16.5. The molecule has 0 radical (unpaired) electrons. The second-order valence-corrected chi connectivity index (χ2v) is 5.84. The summed E-state index contributed by atoms with van der Waals surface area (Å²) in [5.74, 6) is 0.886. The summed E-state index contributed by atoms with van der Waals surface area (Å²) in [5, 5.41) is 18.1. The van der Waals surface area contributed by atoms with Crippen LogP contribution in [0.5, 0.6) is 11.5 Å². The second kappa shape index (κ2) is 5.85. The van der Waals surface area contributed by atoms with Crippen LogP contribution >= 0.6 is 0 Å². The summed E-state index contributed by atoms with van der Waals surface area (Å²) in [7, 11) is 0. The Morgan fingerprint density at radius 3 is 2.71 bits per heavy atom. The van der Waals surface area contributed by atoms with Gasteiger partial charge in [-0.1, -0.05) is 36.4 Å². The molecule has 1 aliphatic rings. The molecule has 1 unspecified atom stereocenters. The molecule has 0 spiro atoms. The van der Waals surface area contributed by atoms with Crippen LogP contribution in [-0.4, -0.2) is 15.3 Å². The van der Waals surface area contributed by atoms with Crippen LogP contribution in [0.3, 0.4) is 0 Å². The zero-order valence-electron chi connectivity index (χ0n) is 13.0. The largest absolute Gasteiger partial charge is 0.507 e. The average molecular weight is 319 g/mol. The molecule has 5 nitrogen and oxygen atoms in total. The molecular formula is C19H17N3O2. The van der Waals surface area contributed by atoms with E-state index in [4.69, 9.17) is 10.5 Å². The van der Waals surface area contributed by atoms with Crippen LogP contribution in [0.1, 0.15) is 23.7 Å². The highest BCUT2D eigenvalue weighted by Crippen LogP contribution is 2.37. The Hall–Kier alpha value is -3.08. The van der Waals surface area contributed by atoms with E-state index in [1.807, 2.05) is 18.2 Å². The second-order valence-electron chi connectivity index (χ2n) is 5.84. The van der Waals surface area contributed by atoms with Crippen molar-refractivity contribution in [2.45, 2.75) is 18.9 Å². The van der Waals surface area contributed by atoms with E-state index >= 15 is 0 Å². The first kappa shape index (κ1) is 14.5. The van der Waals surface area contributed by atoms with Crippen molar-refractivity contribution in [3.63, 3.8) is 0 Å². The van der Waals surface area contributed by atoms with Crippen molar-refractivity contribution in [3.05, 3.63) is 65.7 Å². The molecule has 0 saturated carbocycles. The fourth-order valence-corrected chi connectivity index (χ4v) is 3.09. The average Bonchev–Trinajstić information content (AvgIpc) is 3.01. The van der Waals surface area contributed by atoms with Crippen molar-refractivity contribution < 1.29 is 9.84 Å². The summed E-state index contributed by atoms with van der Waals surface area (Å²) in [6.07, 6.45) is 1.86. The van der Waals surface area contributed by atoms with Crippen LogP contribution in [0.2, 0.25) is 0 Å². The molecule has 1 aromatic heterocycles. The first-order valence-electron chi connectivity index (χ1n) is 7.88. The lowest BCUT2D eigenvalue weighted by Crippen LogP contribution is -2.07. The van der Waals surface area contributed by atoms with Gasteiger partial charge in [-0.05, 0) is 36.1 Å². The van der Waals surface area contributed by atoms with Crippen LogP contribution in [-0.2, 0) is 6.42 Å². The van der Waals surface area contributed by atoms with Crippen molar-refractivity contribution in [1.29, 1.82) is 0 Å². The summed E-state index contributed by atoms with van der Waals surface area (Å²) in [5.41, 5.74) is 9.57. The molecule has 3 N–H and O–H groups in total. The van der Waals surface area contributed by atoms with Gasteiger partial charge in [0.1, 0.15) is 17.5 Å². The number of phenolic OH excluding ortho intramolecular Hbond substituents is 1. The number of para-hydroxylation sites is 1. The molecule has 0 bridgehead atoms. The highest BCUT2D eigenvalue weighted by atomic mass is 16.5. The van der Waals surface area contributed by atoms with E-state index in [0.717, 1.165) is 12.8 Å². The van der Waals surface area contributed by atoms with Crippen molar-refractivity contribution in [2.24, 2.45) is 0 Å². The van der Waals surface area contributed by atoms with Gasteiger partial charge < -0.3 is 15.6 Å². The molecule has 24 heavy (non-hydrogen) atoms. The Bertz CT molecular complexity index is 895. The molecular weight excluding hydrogens is 302 g/mol. The fourth-order valence-electron chi connectivity index (χ4n) is 3.09. The number of aryl methyl sites for hydroxylation is 1. The smallest absolute Gasteiger partial charge is 0.188 e. The molecule has 3 aromatic rings. The van der Waals surface area contributed by atoms with E-state index in [0.29, 0.717) is 17.0 Å². The molecule has 1 atom stereocenters. The normalized spacial score (nSPS) is 15.9. The Morgan fingerprint density at radius 1 is 1.04 bits per heavy atom. The topological polar surface area (TPSA) is 81.3 Å². The zero-order valence-corrected chi connectivity index (χ0v) is 13.0. The number of rotatable bonds is 3. The van der Waals surface area contributed by atoms with Gasteiger partial charge in [0.05, 0.1) is 0 Å². The van der Waals surface area contributed by atoms with Crippen LogP contribution in [0.15, 0.2) is 54.6 Å². The molecule has 0 fully saturated rings. The molecule has 120 valence electrons. The van der Waals surface area contributed by atoms with Gasteiger partial charge in [0, 0.05) is 11.6 Å². The summed E-state index contributed by atoms with van der Waals surface area (Å²) >= 11 is 0. The molecule has 0 aliphatic heterocycles. The molecule has 1 heterocycles. The van der Waals surface area contributed by atoms with Crippen molar-refractivity contribution in [3.8, 4) is 22.8 Å². The van der Waals surface area contributed by atoms with Crippen molar-refractivity contribution in [2.75, 3.05) is 5.73 Å². The number of benzene rings is 2. The predicted octanol–water partition coefficient (Wildman–Crippen LogP) is 3.50. The number of nitrogen functional groups attached to an aromatic ring is 1. The summed E-state index contributed by atoms with van der Waals surface area (Å²) in [6.45, 7) is 0. The number of aromatic nitrogens is 2. The van der Waals surface area contributed by atoms with Gasteiger partial charge in [0.2, 0.25) is 0 Å². The SMILES string of the molecule is Nc1nnc(-c2ccccc2O)cc1OC1CCc2ccccc21. The third-order valence-corrected chi connectivity index (χ3v) is 4.31. The van der Waals surface area contributed by atoms with Crippen LogP contribution in [0.4, 0.5) is 5.82 Å². The molecule has 4 rings (SSSR count).